The fourth-order valence-electron chi connectivity index (χ4n) is 2.10. The Morgan fingerprint density at radius 2 is 2.18 bits per heavy atom. The third-order valence-corrected chi connectivity index (χ3v) is 3.55. The van der Waals surface area contributed by atoms with Crippen molar-refractivity contribution in [1.29, 1.82) is 0 Å². The largest absolute Gasteiger partial charge is 0.392 e. The number of benzene rings is 1. The normalized spacial score (nSPS) is 15.0. The molecule has 0 radical (unpaired) electrons. The molecule has 1 fully saturated rings. The highest BCUT2D eigenvalue weighted by molar-refractivity contribution is 6.33. The fraction of sp³-hybridized carbons (Fsp3) is 0.571. The minimum Gasteiger partial charge on any atom is -0.392 e. The van der Waals surface area contributed by atoms with Crippen molar-refractivity contribution in [3.05, 3.63) is 28.8 Å². The van der Waals surface area contributed by atoms with Crippen molar-refractivity contribution >= 4 is 17.3 Å². The minimum absolute atomic E-state index is 0.0540. The first-order chi connectivity index (χ1) is 8.26. The standard InChI is InChI=1S/C14H20ClNO/c1-2-3-8-16(12-5-6-12)14-7-4-11(10-17)9-13(14)15/h4,7,9,12,17H,2-3,5-6,8,10H2,1H3. The molecule has 2 nitrogen and oxygen atoms in total. The lowest BCUT2D eigenvalue weighted by atomic mass is 10.2. The summed E-state index contributed by atoms with van der Waals surface area (Å²) in [5, 5.41) is 9.85. The molecule has 94 valence electrons. The molecule has 0 aromatic heterocycles. The van der Waals surface area contributed by atoms with Gasteiger partial charge in [0.25, 0.3) is 0 Å². The Hall–Kier alpha value is -0.730. The Bertz CT molecular complexity index is 376. The highest BCUT2D eigenvalue weighted by Crippen LogP contribution is 2.36. The van der Waals surface area contributed by atoms with Gasteiger partial charge in [0.2, 0.25) is 0 Å². The van der Waals surface area contributed by atoms with E-state index in [1.54, 1.807) is 0 Å². The van der Waals surface area contributed by atoms with Crippen LogP contribution in [0.5, 0.6) is 0 Å². The van der Waals surface area contributed by atoms with Gasteiger partial charge in [-0.25, -0.2) is 0 Å². The first kappa shape index (κ1) is 12.7. The lowest BCUT2D eigenvalue weighted by Crippen LogP contribution is -2.27. The highest BCUT2D eigenvalue weighted by Gasteiger charge is 2.29. The van der Waals surface area contributed by atoms with Gasteiger partial charge >= 0.3 is 0 Å². The second-order valence-corrected chi connectivity index (χ2v) is 5.13. The van der Waals surface area contributed by atoms with Crippen molar-refractivity contribution in [2.45, 2.75) is 45.3 Å². The molecule has 0 aliphatic heterocycles. The van der Waals surface area contributed by atoms with Crippen LogP contribution in [0.15, 0.2) is 18.2 Å². The Kier molecular flexibility index (Phi) is 4.30. The molecule has 0 heterocycles. The number of hydrogen-bond donors (Lipinski definition) is 1. The molecular weight excluding hydrogens is 234 g/mol. The van der Waals surface area contributed by atoms with E-state index in [0.717, 1.165) is 22.8 Å². The summed E-state index contributed by atoms with van der Waals surface area (Å²) in [5.41, 5.74) is 2.00. The number of aliphatic hydroxyl groups is 1. The first-order valence-corrected chi connectivity index (χ1v) is 6.80. The van der Waals surface area contributed by atoms with Crippen LogP contribution in [0.4, 0.5) is 5.69 Å². The Balaban J connectivity index is 2.16. The maximum atomic E-state index is 9.08. The van der Waals surface area contributed by atoms with Crippen molar-refractivity contribution in [3.8, 4) is 0 Å². The number of nitrogens with zero attached hydrogens (tertiary/aromatic N) is 1. The third kappa shape index (κ3) is 3.14. The van der Waals surface area contributed by atoms with Crippen LogP contribution >= 0.6 is 11.6 Å². The summed E-state index contributed by atoms with van der Waals surface area (Å²) in [7, 11) is 0. The second kappa shape index (κ2) is 5.74. The number of aliphatic hydroxyl groups excluding tert-OH is 1. The molecule has 0 bridgehead atoms. The molecule has 0 atom stereocenters. The van der Waals surface area contributed by atoms with Crippen LogP contribution in [0, 0.1) is 0 Å². The lowest BCUT2D eigenvalue weighted by molar-refractivity contribution is 0.282. The number of unbranched alkanes of at least 4 members (excludes halogenated alkanes) is 1. The van der Waals surface area contributed by atoms with Crippen LogP contribution in [-0.2, 0) is 6.61 Å². The molecule has 0 saturated heterocycles. The zero-order chi connectivity index (χ0) is 12.3. The summed E-state index contributed by atoms with van der Waals surface area (Å²) in [6.07, 6.45) is 4.97. The van der Waals surface area contributed by atoms with E-state index < -0.39 is 0 Å². The average Bonchev–Trinajstić information content (AvgIpc) is 3.15. The van der Waals surface area contributed by atoms with Crippen molar-refractivity contribution in [3.63, 3.8) is 0 Å². The topological polar surface area (TPSA) is 23.5 Å². The van der Waals surface area contributed by atoms with Gasteiger partial charge in [-0.3, -0.25) is 0 Å². The molecule has 0 amide bonds. The lowest BCUT2D eigenvalue weighted by Gasteiger charge is -2.25. The van der Waals surface area contributed by atoms with Gasteiger partial charge < -0.3 is 10.0 Å². The monoisotopic (exact) mass is 253 g/mol. The van der Waals surface area contributed by atoms with E-state index in [1.165, 1.54) is 25.7 Å². The van der Waals surface area contributed by atoms with Crippen LogP contribution in [0.1, 0.15) is 38.2 Å². The van der Waals surface area contributed by atoms with E-state index in [4.69, 9.17) is 16.7 Å². The van der Waals surface area contributed by atoms with E-state index in [1.807, 2.05) is 18.2 Å². The predicted molar refractivity (Wildman–Crippen MR) is 72.7 cm³/mol. The molecule has 17 heavy (non-hydrogen) atoms. The molecule has 1 aromatic carbocycles. The summed E-state index contributed by atoms with van der Waals surface area (Å²) < 4.78 is 0. The summed E-state index contributed by atoms with van der Waals surface area (Å²) in [5.74, 6) is 0. The molecule has 1 N–H and O–H groups in total. The second-order valence-electron chi connectivity index (χ2n) is 4.72. The summed E-state index contributed by atoms with van der Waals surface area (Å²) in [4.78, 5) is 2.42. The molecule has 1 aromatic rings. The summed E-state index contributed by atoms with van der Waals surface area (Å²) in [6.45, 7) is 3.35. The van der Waals surface area contributed by atoms with Crippen LogP contribution in [0.2, 0.25) is 5.02 Å². The number of rotatable bonds is 6. The van der Waals surface area contributed by atoms with Gasteiger partial charge in [-0.15, -0.1) is 0 Å². The number of halogens is 1. The average molecular weight is 254 g/mol. The Morgan fingerprint density at radius 1 is 1.41 bits per heavy atom. The van der Waals surface area contributed by atoms with E-state index in [9.17, 15) is 0 Å². The Labute approximate surface area is 108 Å². The van der Waals surface area contributed by atoms with Gasteiger partial charge in [-0.05, 0) is 37.0 Å². The van der Waals surface area contributed by atoms with E-state index >= 15 is 0 Å². The molecule has 1 saturated carbocycles. The molecule has 2 rings (SSSR count). The Morgan fingerprint density at radius 3 is 2.71 bits per heavy atom. The van der Waals surface area contributed by atoms with E-state index in [0.29, 0.717) is 6.04 Å². The number of anilines is 1. The smallest absolute Gasteiger partial charge is 0.0682 e. The number of hydrogen-bond acceptors (Lipinski definition) is 2. The van der Waals surface area contributed by atoms with Crippen molar-refractivity contribution in [2.75, 3.05) is 11.4 Å². The maximum Gasteiger partial charge on any atom is 0.0682 e. The van der Waals surface area contributed by atoms with Crippen LogP contribution in [-0.4, -0.2) is 17.7 Å². The maximum absolute atomic E-state index is 9.08. The van der Waals surface area contributed by atoms with Gasteiger partial charge in [-0.2, -0.15) is 0 Å². The van der Waals surface area contributed by atoms with Crippen LogP contribution < -0.4 is 4.90 Å². The van der Waals surface area contributed by atoms with E-state index in [2.05, 4.69) is 11.8 Å². The van der Waals surface area contributed by atoms with Gasteiger partial charge in [-0.1, -0.05) is 31.0 Å². The SMILES string of the molecule is CCCCN(c1ccc(CO)cc1Cl)C1CC1. The summed E-state index contributed by atoms with van der Waals surface area (Å²) >= 11 is 6.30. The van der Waals surface area contributed by atoms with Gasteiger partial charge in [0.1, 0.15) is 0 Å². The minimum atomic E-state index is 0.0540. The van der Waals surface area contributed by atoms with Gasteiger partial charge in [0.05, 0.1) is 17.3 Å². The molecule has 3 heteroatoms. The van der Waals surface area contributed by atoms with Crippen molar-refractivity contribution < 1.29 is 5.11 Å². The van der Waals surface area contributed by atoms with E-state index in [-0.39, 0.29) is 6.61 Å². The molecule has 1 aliphatic rings. The van der Waals surface area contributed by atoms with Crippen LogP contribution in [0.3, 0.4) is 0 Å². The van der Waals surface area contributed by atoms with Crippen molar-refractivity contribution in [2.24, 2.45) is 0 Å². The summed E-state index contributed by atoms with van der Waals surface area (Å²) in [6, 6.07) is 6.56. The first-order valence-electron chi connectivity index (χ1n) is 6.42. The quantitative estimate of drug-likeness (QED) is 0.837. The van der Waals surface area contributed by atoms with Gasteiger partial charge in [0, 0.05) is 12.6 Å². The third-order valence-electron chi connectivity index (χ3n) is 3.24. The molecule has 0 unspecified atom stereocenters. The van der Waals surface area contributed by atoms with Crippen LogP contribution in [0.25, 0.3) is 0 Å². The molecule has 1 aliphatic carbocycles. The zero-order valence-electron chi connectivity index (χ0n) is 10.3. The fourth-order valence-corrected chi connectivity index (χ4v) is 2.41. The molecule has 0 spiro atoms. The zero-order valence-corrected chi connectivity index (χ0v) is 11.1. The molecular formula is C14H20ClNO. The van der Waals surface area contributed by atoms with Gasteiger partial charge in [0.15, 0.2) is 0 Å². The highest BCUT2D eigenvalue weighted by atomic mass is 35.5. The predicted octanol–water partition coefficient (Wildman–Crippen LogP) is 3.60. The van der Waals surface area contributed by atoms with Crippen molar-refractivity contribution in [1.82, 2.24) is 0 Å².